The molecule has 2 amide bonds. The molecule has 0 radical (unpaired) electrons. The van der Waals surface area contributed by atoms with E-state index in [0.29, 0.717) is 5.56 Å². The average Bonchev–Trinajstić information content (AvgIpc) is 2.48. The van der Waals surface area contributed by atoms with Crippen LogP contribution in [0.2, 0.25) is 0 Å². The number of hydrogen-bond acceptors (Lipinski definition) is 3. The van der Waals surface area contributed by atoms with E-state index in [1.807, 2.05) is 0 Å². The zero-order valence-corrected chi connectivity index (χ0v) is 11.9. The molecule has 0 unspecified atom stereocenters. The quantitative estimate of drug-likeness (QED) is 0.793. The number of amides is 2. The highest BCUT2D eigenvalue weighted by Gasteiger charge is 2.35. The van der Waals surface area contributed by atoms with Crippen molar-refractivity contribution in [3.05, 3.63) is 29.8 Å². The van der Waals surface area contributed by atoms with Gasteiger partial charge in [-0.3, -0.25) is 9.59 Å². The Morgan fingerprint density at radius 1 is 1.18 bits per heavy atom. The fraction of sp³-hybridized carbons (Fsp3) is 0.467. The van der Waals surface area contributed by atoms with Crippen LogP contribution < -0.4 is 10.6 Å². The predicted molar refractivity (Wildman–Crippen MR) is 75.8 cm³/mol. The SMILES string of the molecule is O=C(CNC(=O)c1ccc(O)cc1)NC1CCC(F)(F)CC1. The molecule has 7 heteroatoms. The Balaban J connectivity index is 1.74. The van der Waals surface area contributed by atoms with Crippen LogP contribution in [0.25, 0.3) is 0 Å². The number of carbonyl (C=O) groups is 2. The number of aromatic hydroxyl groups is 1. The van der Waals surface area contributed by atoms with Gasteiger partial charge in [0.25, 0.3) is 5.91 Å². The number of phenols is 1. The minimum Gasteiger partial charge on any atom is -0.508 e. The summed E-state index contributed by atoms with van der Waals surface area (Å²) < 4.78 is 26.0. The number of hydrogen-bond donors (Lipinski definition) is 3. The van der Waals surface area contributed by atoms with Crippen LogP contribution >= 0.6 is 0 Å². The lowest BCUT2D eigenvalue weighted by Crippen LogP contribution is -2.44. The van der Waals surface area contributed by atoms with Gasteiger partial charge in [-0.15, -0.1) is 0 Å². The summed E-state index contributed by atoms with van der Waals surface area (Å²) in [5.74, 6) is -3.43. The first-order chi connectivity index (χ1) is 10.4. The van der Waals surface area contributed by atoms with Crippen molar-refractivity contribution in [2.24, 2.45) is 0 Å². The van der Waals surface area contributed by atoms with Gasteiger partial charge < -0.3 is 15.7 Å². The number of carbonyl (C=O) groups excluding carboxylic acids is 2. The molecule has 1 aliphatic carbocycles. The minimum absolute atomic E-state index is 0.0448. The standard InChI is InChI=1S/C15H18F2N2O3/c16-15(17)7-5-11(6-8-15)19-13(21)9-18-14(22)10-1-3-12(20)4-2-10/h1-4,11,20H,5-9H2,(H,18,22)(H,19,21). The number of phenolic OH excluding ortho intramolecular Hbond substituents is 1. The molecule has 0 aromatic heterocycles. The Morgan fingerprint density at radius 3 is 2.36 bits per heavy atom. The van der Waals surface area contributed by atoms with E-state index in [1.165, 1.54) is 24.3 Å². The minimum atomic E-state index is -2.63. The molecule has 0 bridgehead atoms. The van der Waals surface area contributed by atoms with Crippen molar-refractivity contribution in [1.82, 2.24) is 10.6 Å². The molecule has 0 heterocycles. The van der Waals surface area contributed by atoms with Crippen molar-refractivity contribution in [2.75, 3.05) is 6.54 Å². The van der Waals surface area contributed by atoms with Gasteiger partial charge in [-0.05, 0) is 37.1 Å². The van der Waals surface area contributed by atoms with Crippen molar-refractivity contribution in [2.45, 2.75) is 37.6 Å². The van der Waals surface area contributed by atoms with Crippen LogP contribution in [0.4, 0.5) is 8.78 Å². The topological polar surface area (TPSA) is 78.4 Å². The first kappa shape index (κ1) is 16.2. The predicted octanol–water partition coefficient (Wildman–Crippen LogP) is 1.82. The molecule has 0 spiro atoms. The van der Waals surface area contributed by atoms with E-state index in [1.54, 1.807) is 0 Å². The van der Waals surface area contributed by atoms with Crippen molar-refractivity contribution in [3.8, 4) is 5.75 Å². The molecule has 0 saturated heterocycles. The molecule has 5 nitrogen and oxygen atoms in total. The zero-order chi connectivity index (χ0) is 16.2. The third-order valence-corrected chi connectivity index (χ3v) is 3.62. The Morgan fingerprint density at radius 2 is 1.77 bits per heavy atom. The highest BCUT2D eigenvalue weighted by molar-refractivity contribution is 5.96. The van der Waals surface area contributed by atoms with E-state index in [-0.39, 0.29) is 44.0 Å². The fourth-order valence-electron chi connectivity index (χ4n) is 2.34. The normalized spacial score (nSPS) is 17.7. The van der Waals surface area contributed by atoms with E-state index >= 15 is 0 Å². The smallest absolute Gasteiger partial charge is 0.251 e. The summed E-state index contributed by atoms with van der Waals surface area (Å²) in [6, 6.07) is 5.35. The van der Waals surface area contributed by atoms with E-state index < -0.39 is 17.7 Å². The lowest BCUT2D eigenvalue weighted by atomic mass is 9.92. The van der Waals surface area contributed by atoms with Gasteiger partial charge in [0, 0.05) is 24.4 Å². The van der Waals surface area contributed by atoms with E-state index in [2.05, 4.69) is 10.6 Å². The average molecular weight is 312 g/mol. The Bertz CT molecular complexity index is 536. The Kier molecular flexibility index (Phi) is 4.95. The maximum atomic E-state index is 13.0. The van der Waals surface area contributed by atoms with Crippen LogP contribution in [0.1, 0.15) is 36.0 Å². The van der Waals surface area contributed by atoms with Gasteiger partial charge in [-0.25, -0.2) is 8.78 Å². The van der Waals surface area contributed by atoms with Crippen molar-refractivity contribution in [1.29, 1.82) is 0 Å². The molecule has 1 aromatic rings. The van der Waals surface area contributed by atoms with Gasteiger partial charge in [0.05, 0.1) is 6.54 Å². The van der Waals surface area contributed by atoms with Gasteiger partial charge in [-0.2, -0.15) is 0 Å². The second-order valence-electron chi connectivity index (χ2n) is 5.43. The zero-order valence-electron chi connectivity index (χ0n) is 11.9. The highest BCUT2D eigenvalue weighted by atomic mass is 19.3. The molecule has 1 fully saturated rings. The van der Waals surface area contributed by atoms with Gasteiger partial charge in [0.2, 0.25) is 11.8 Å². The lowest BCUT2D eigenvalue weighted by molar-refractivity contribution is -0.122. The Hall–Kier alpha value is -2.18. The van der Waals surface area contributed by atoms with Gasteiger partial charge in [0.1, 0.15) is 5.75 Å². The molecule has 0 atom stereocenters. The summed E-state index contributed by atoms with van der Waals surface area (Å²) in [6.45, 7) is -0.216. The maximum absolute atomic E-state index is 13.0. The van der Waals surface area contributed by atoms with Crippen LogP contribution in [-0.2, 0) is 4.79 Å². The summed E-state index contributed by atoms with van der Waals surface area (Å²) in [7, 11) is 0. The van der Waals surface area contributed by atoms with Crippen molar-refractivity contribution < 1.29 is 23.5 Å². The summed E-state index contributed by atoms with van der Waals surface area (Å²) in [6.07, 6.45) is 0.0327. The van der Waals surface area contributed by atoms with Crippen LogP contribution in [0.3, 0.4) is 0 Å². The number of rotatable bonds is 4. The molecule has 22 heavy (non-hydrogen) atoms. The van der Waals surface area contributed by atoms with Crippen molar-refractivity contribution >= 4 is 11.8 Å². The molecular formula is C15H18F2N2O3. The molecule has 1 aliphatic rings. The summed E-state index contributed by atoms with van der Waals surface area (Å²) >= 11 is 0. The largest absolute Gasteiger partial charge is 0.508 e. The molecule has 120 valence electrons. The second-order valence-corrected chi connectivity index (χ2v) is 5.43. The highest BCUT2D eigenvalue weighted by Crippen LogP contribution is 2.32. The van der Waals surface area contributed by atoms with Crippen LogP contribution in [0.15, 0.2) is 24.3 Å². The van der Waals surface area contributed by atoms with Crippen LogP contribution in [0.5, 0.6) is 5.75 Å². The second kappa shape index (κ2) is 6.72. The van der Waals surface area contributed by atoms with E-state index in [4.69, 9.17) is 5.11 Å². The van der Waals surface area contributed by atoms with Gasteiger partial charge in [-0.1, -0.05) is 0 Å². The van der Waals surface area contributed by atoms with Crippen molar-refractivity contribution in [3.63, 3.8) is 0 Å². The molecule has 2 rings (SSSR count). The number of benzene rings is 1. The lowest BCUT2D eigenvalue weighted by Gasteiger charge is -2.28. The van der Waals surface area contributed by atoms with E-state index in [0.717, 1.165) is 0 Å². The molecule has 1 aromatic carbocycles. The molecule has 3 N–H and O–H groups in total. The van der Waals surface area contributed by atoms with Gasteiger partial charge in [0.15, 0.2) is 0 Å². The summed E-state index contributed by atoms with van der Waals surface area (Å²) in [4.78, 5) is 23.5. The first-order valence-corrected chi connectivity index (χ1v) is 7.10. The summed E-state index contributed by atoms with van der Waals surface area (Å²) in [5, 5.41) is 14.2. The maximum Gasteiger partial charge on any atom is 0.251 e. The number of alkyl halides is 2. The van der Waals surface area contributed by atoms with Crippen LogP contribution in [-0.4, -0.2) is 35.4 Å². The van der Waals surface area contributed by atoms with Gasteiger partial charge >= 0.3 is 0 Å². The molecule has 1 saturated carbocycles. The fourth-order valence-corrected chi connectivity index (χ4v) is 2.34. The van der Waals surface area contributed by atoms with Crippen LogP contribution in [0, 0.1) is 0 Å². The first-order valence-electron chi connectivity index (χ1n) is 7.10. The van der Waals surface area contributed by atoms with E-state index in [9.17, 15) is 18.4 Å². The summed E-state index contributed by atoms with van der Waals surface area (Å²) in [5.41, 5.74) is 0.322. The third-order valence-electron chi connectivity index (χ3n) is 3.62. The number of nitrogens with one attached hydrogen (secondary N) is 2. The monoisotopic (exact) mass is 312 g/mol. The Labute approximate surface area is 126 Å². The molecular weight excluding hydrogens is 294 g/mol. The number of halogens is 2. The third kappa shape index (κ3) is 4.68. The molecule has 0 aliphatic heterocycles.